The highest BCUT2D eigenvalue weighted by Gasteiger charge is 2.26. The molecule has 0 saturated carbocycles. The van der Waals surface area contributed by atoms with Crippen LogP contribution in [0.25, 0.3) is 0 Å². The van der Waals surface area contributed by atoms with Gasteiger partial charge >= 0.3 is 6.18 Å². The normalized spacial score (nSPS) is 7.41. The van der Waals surface area contributed by atoms with Gasteiger partial charge in [0.05, 0.1) is 13.9 Å². The highest BCUT2D eigenvalue weighted by atomic mass is 19.4. The van der Waals surface area contributed by atoms with Gasteiger partial charge in [-0.05, 0) is 6.42 Å². The van der Waals surface area contributed by atoms with Crippen molar-refractivity contribution in [3.05, 3.63) is 0 Å². The SMILES string of the molecule is C.C.CCCF.CF.FCC(F)(F)F.FCF. The van der Waals surface area contributed by atoms with Crippen LogP contribution in [0, 0.1) is 0 Å². The zero-order chi connectivity index (χ0) is 13.3. The van der Waals surface area contributed by atoms with Crippen molar-refractivity contribution in [2.75, 3.05) is 27.5 Å². The Hall–Kier alpha value is -0.560. The second-order valence-corrected chi connectivity index (χ2v) is 1.54. The average molecular weight is 282 g/mol. The first-order valence-corrected chi connectivity index (χ1v) is 3.57. The maximum absolute atomic E-state index is 10.7. The van der Waals surface area contributed by atoms with Crippen LogP contribution in [-0.4, -0.2) is 33.6 Å². The quantitative estimate of drug-likeness (QED) is 0.547. The van der Waals surface area contributed by atoms with Gasteiger partial charge in [0.1, 0.15) is 0 Å². The Morgan fingerprint density at radius 1 is 0.824 bits per heavy atom. The minimum atomic E-state index is -4.62. The molecule has 0 radical (unpaired) electrons. The van der Waals surface area contributed by atoms with Crippen LogP contribution in [-0.2, 0) is 0 Å². The lowest BCUT2D eigenvalue weighted by Gasteiger charge is -1.93. The van der Waals surface area contributed by atoms with E-state index in [0.29, 0.717) is 13.6 Å². The third-order valence-corrected chi connectivity index (χ3v) is 0.341. The van der Waals surface area contributed by atoms with Crippen LogP contribution in [0.1, 0.15) is 28.2 Å². The van der Waals surface area contributed by atoms with E-state index in [0.717, 1.165) is 0 Å². The minimum absolute atomic E-state index is 0. The van der Waals surface area contributed by atoms with Gasteiger partial charge in [-0.25, -0.2) is 13.2 Å². The van der Waals surface area contributed by atoms with Crippen LogP contribution in [0.2, 0.25) is 0 Å². The average Bonchev–Trinajstić information content (AvgIpc) is 2.21. The van der Waals surface area contributed by atoms with E-state index >= 15 is 0 Å². The van der Waals surface area contributed by atoms with E-state index in [1.54, 1.807) is 6.92 Å². The highest BCUT2D eigenvalue weighted by Crippen LogP contribution is 2.13. The van der Waals surface area contributed by atoms with Gasteiger partial charge in [0.25, 0.3) is 0 Å². The van der Waals surface area contributed by atoms with E-state index in [1.807, 2.05) is 0 Å². The largest absolute Gasteiger partial charge is 0.416 e. The minimum Gasteiger partial charge on any atom is -0.255 e. The van der Waals surface area contributed by atoms with Crippen molar-refractivity contribution in [2.24, 2.45) is 0 Å². The lowest BCUT2D eigenvalue weighted by Crippen LogP contribution is -2.08. The molecule has 0 aliphatic rings. The summed E-state index contributed by atoms with van der Waals surface area (Å²) >= 11 is 0. The molecule has 0 aliphatic heterocycles. The lowest BCUT2D eigenvalue weighted by atomic mass is 10.6. The van der Waals surface area contributed by atoms with Crippen molar-refractivity contribution in [1.29, 1.82) is 0 Å². The number of hydrogen-bond acceptors (Lipinski definition) is 0. The molecule has 0 saturated heterocycles. The zero-order valence-corrected chi connectivity index (χ0v) is 8.35. The predicted octanol–water partition coefficient (Wildman–Crippen LogP) is 5.62. The molecule has 0 aromatic rings. The fourth-order valence-electron chi connectivity index (χ4n) is 0. The topological polar surface area (TPSA) is 0 Å². The summed E-state index contributed by atoms with van der Waals surface area (Å²) in [6.45, 7) is -2.35. The number of rotatable bonds is 1. The number of halogens is 8. The first-order chi connectivity index (χ1) is 6.89. The third-order valence-electron chi connectivity index (χ3n) is 0.341. The summed E-state index contributed by atoms with van der Waals surface area (Å²) < 4.78 is 81.1. The fraction of sp³-hybridized carbons (Fsp3) is 1.00. The molecule has 0 heterocycles. The Balaban J connectivity index is -0.0000000246. The Bertz CT molecular complexity index is 71.9. The molecule has 0 rings (SSSR count). The van der Waals surface area contributed by atoms with E-state index in [9.17, 15) is 35.1 Å². The molecule has 0 aliphatic carbocycles. The molecule has 17 heavy (non-hydrogen) atoms. The van der Waals surface area contributed by atoms with Crippen molar-refractivity contribution >= 4 is 0 Å². The number of alkyl halides is 8. The molecule has 0 spiro atoms. The van der Waals surface area contributed by atoms with Gasteiger partial charge in [0.2, 0.25) is 6.93 Å². The van der Waals surface area contributed by atoms with Crippen LogP contribution in [0.15, 0.2) is 0 Å². The maximum atomic E-state index is 10.7. The van der Waals surface area contributed by atoms with Crippen molar-refractivity contribution in [2.45, 2.75) is 34.4 Å². The van der Waals surface area contributed by atoms with Gasteiger partial charge in [0, 0.05) is 0 Å². The summed E-state index contributed by atoms with van der Waals surface area (Å²) in [7, 11) is 0.500. The summed E-state index contributed by atoms with van der Waals surface area (Å²) in [4.78, 5) is 0. The van der Waals surface area contributed by atoms with Crippen molar-refractivity contribution in [1.82, 2.24) is 0 Å². The Morgan fingerprint density at radius 2 is 0.941 bits per heavy atom. The molecule has 0 atom stereocenters. The first-order valence-electron chi connectivity index (χ1n) is 3.57. The van der Waals surface area contributed by atoms with Gasteiger partial charge in [0.15, 0.2) is 6.67 Å². The molecule has 0 aromatic heterocycles. The van der Waals surface area contributed by atoms with E-state index < -0.39 is 19.8 Å². The monoisotopic (exact) mass is 282 g/mol. The van der Waals surface area contributed by atoms with Crippen LogP contribution >= 0.6 is 0 Å². The van der Waals surface area contributed by atoms with Gasteiger partial charge in [-0.1, -0.05) is 21.8 Å². The Labute approximate surface area is 98.0 Å². The van der Waals surface area contributed by atoms with E-state index in [-0.39, 0.29) is 21.5 Å². The lowest BCUT2D eigenvalue weighted by molar-refractivity contribution is -0.142. The summed E-state index contributed by atoms with van der Waals surface area (Å²) in [5.41, 5.74) is 0. The molecule has 0 unspecified atom stereocenters. The third kappa shape index (κ3) is 236. The molecule has 0 N–H and O–H groups in total. The number of hydrogen-bond donors (Lipinski definition) is 0. The van der Waals surface area contributed by atoms with Crippen LogP contribution in [0.4, 0.5) is 35.1 Å². The van der Waals surface area contributed by atoms with Gasteiger partial charge < -0.3 is 0 Å². The van der Waals surface area contributed by atoms with E-state index in [4.69, 9.17) is 0 Å². The van der Waals surface area contributed by atoms with Crippen LogP contribution in [0.3, 0.4) is 0 Å². The molecular weight excluding hydrogens is 260 g/mol. The molecule has 114 valence electrons. The molecule has 0 amide bonds. The molecule has 8 heteroatoms. The zero-order valence-electron chi connectivity index (χ0n) is 8.35. The Morgan fingerprint density at radius 3 is 0.941 bits per heavy atom. The van der Waals surface area contributed by atoms with E-state index in [2.05, 4.69) is 0 Å². The van der Waals surface area contributed by atoms with E-state index in [1.165, 1.54) is 0 Å². The highest BCUT2D eigenvalue weighted by molar-refractivity contribution is 4.39. The molecule has 0 fully saturated rings. The molecule has 0 nitrogen and oxygen atoms in total. The molecular formula is C9H22F8. The predicted molar refractivity (Wildman–Crippen MR) is 55.9 cm³/mol. The van der Waals surface area contributed by atoms with Gasteiger partial charge in [-0.2, -0.15) is 13.2 Å². The Kier molecular flexibility index (Phi) is 76.4. The summed E-state index contributed by atoms with van der Waals surface area (Å²) in [5.74, 6) is 0. The first kappa shape index (κ1) is 36.0. The van der Waals surface area contributed by atoms with Crippen LogP contribution in [0.5, 0.6) is 0 Å². The van der Waals surface area contributed by atoms with Crippen molar-refractivity contribution in [3.8, 4) is 0 Å². The molecule has 0 aromatic carbocycles. The van der Waals surface area contributed by atoms with Crippen molar-refractivity contribution in [3.63, 3.8) is 0 Å². The van der Waals surface area contributed by atoms with Crippen LogP contribution < -0.4 is 0 Å². The maximum Gasteiger partial charge on any atom is 0.416 e. The summed E-state index contributed by atoms with van der Waals surface area (Å²) in [5, 5.41) is 0. The standard InChI is InChI=1S/C3H7F.C2H2F4.CH2F2.CH3F.2CH4/c1-2-3-4;3-1-2(4,5)6;2-1-3;1-2;;/h2-3H2,1H3;1H2;1H2;1H3;2*1H4. The summed E-state index contributed by atoms with van der Waals surface area (Å²) in [6.07, 6.45) is -3.97. The second-order valence-electron chi connectivity index (χ2n) is 1.54. The molecule has 0 bridgehead atoms. The second kappa shape index (κ2) is 36.1. The van der Waals surface area contributed by atoms with Gasteiger partial charge in [-0.15, -0.1) is 0 Å². The summed E-state index contributed by atoms with van der Waals surface area (Å²) in [6, 6.07) is 0. The fourth-order valence-corrected chi connectivity index (χ4v) is 0. The van der Waals surface area contributed by atoms with Gasteiger partial charge in [-0.3, -0.25) is 8.78 Å². The smallest absolute Gasteiger partial charge is 0.255 e. The van der Waals surface area contributed by atoms with Crippen molar-refractivity contribution < 1.29 is 35.1 Å².